The summed E-state index contributed by atoms with van der Waals surface area (Å²) in [5.74, 6) is 0.964. The van der Waals surface area contributed by atoms with Crippen LogP contribution in [-0.4, -0.2) is 9.97 Å². The Balaban J connectivity index is 2.47. The van der Waals surface area contributed by atoms with Gasteiger partial charge in [0.05, 0.1) is 0 Å². The lowest BCUT2D eigenvalue weighted by molar-refractivity contribution is 0.435. The fourth-order valence-electron chi connectivity index (χ4n) is 2.05. The van der Waals surface area contributed by atoms with Crippen molar-refractivity contribution in [3.63, 3.8) is 0 Å². The summed E-state index contributed by atoms with van der Waals surface area (Å²) in [6.45, 7) is 8.53. The third-order valence-electron chi connectivity index (χ3n) is 3.24. The Labute approximate surface area is 125 Å². The molecule has 0 spiro atoms. The molecule has 1 heterocycles. The van der Waals surface area contributed by atoms with Crippen LogP contribution in [0.2, 0.25) is 0 Å². The minimum absolute atomic E-state index is 0.0600. The Bertz CT molecular complexity index is 681. The summed E-state index contributed by atoms with van der Waals surface area (Å²) in [5.41, 5.74) is 2.48. The van der Waals surface area contributed by atoms with E-state index >= 15 is 0 Å². The van der Waals surface area contributed by atoms with Crippen LogP contribution in [-0.2, 0) is 11.8 Å². The van der Waals surface area contributed by atoms with Crippen molar-refractivity contribution in [2.45, 2.75) is 39.5 Å². The van der Waals surface area contributed by atoms with Crippen LogP contribution in [0.3, 0.4) is 0 Å². The minimum Gasteiger partial charge on any atom is -0.436 e. The monoisotopic (exact) mass is 281 g/mol. The lowest BCUT2D eigenvalue weighted by atomic mass is 9.85. The van der Waals surface area contributed by atoms with Crippen LogP contribution < -0.4 is 4.74 Å². The highest BCUT2D eigenvalue weighted by Crippen LogP contribution is 2.35. The standard InChI is InChI=1S/C17H19N3O/c1-5-12-6-7-15(13(10-12)17(2,3)4)21-16-14(11-18)19-8-9-20-16/h6-10H,5H2,1-4H3. The second kappa shape index (κ2) is 5.92. The zero-order chi connectivity index (χ0) is 15.5. The van der Waals surface area contributed by atoms with Gasteiger partial charge in [0.2, 0.25) is 5.69 Å². The molecular weight excluding hydrogens is 262 g/mol. The predicted octanol–water partition coefficient (Wildman–Crippen LogP) is 4.00. The van der Waals surface area contributed by atoms with Gasteiger partial charge in [0, 0.05) is 18.0 Å². The molecule has 0 aliphatic carbocycles. The Morgan fingerprint density at radius 1 is 1.19 bits per heavy atom. The second-order valence-electron chi connectivity index (χ2n) is 5.86. The summed E-state index contributed by atoms with van der Waals surface area (Å²) < 4.78 is 5.86. The zero-order valence-corrected chi connectivity index (χ0v) is 12.8. The van der Waals surface area contributed by atoms with E-state index in [0.717, 1.165) is 17.7 Å². The first-order valence-electron chi connectivity index (χ1n) is 6.98. The van der Waals surface area contributed by atoms with E-state index in [9.17, 15) is 0 Å². The number of hydrogen-bond acceptors (Lipinski definition) is 4. The van der Waals surface area contributed by atoms with Crippen molar-refractivity contribution < 1.29 is 4.74 Å². The number of rotatable bonds is 3. The Kier molecular flexibility index (Phi) is 4.23. The van der Waals surface area contributed by atoms with E-state index in [1.54, 1.807) is 0 Å². The summed E-state index contributed by atoms with van der Waals surface area (Å²) in [6.07, 6.45) is 3.97. The molecule has 108 valence electrons. The molecule has 0 radical (unpaired) electrons. The van der Waals surface area contributed by atoms with Gasteiger partial charge in [-0.05, 0) is 23.5 Å². The molecule has 0 N–H and O–H groups in total. The molecule has 0 aliphatic rings. The van der Waals surface area contributed by atoms with Crippen LogP contribution in [0.25, 0.3) is 0 Å². The van der Waals surface area contributed by atoms with Gasteiger partial charge in [-0.3, -0.25) is 0 Å². The number of aryl methyl sites for hydroxylation is 1. The van der Waals surface area contributed by atoms with Gasteiger partial charge >= 0.3 is 0 Å². The van der Waals surface area contributed by atoms with E-state index in [0.29, 0.717) is 0 Å². The molecular formula is C17H19N3O. The highest BCUT2D eigenvalue weighted by Gasteiger charge is 2.21. The number of nitriles is 1. The summed E-state index contributed by atoms with van der Waals surface area (Å²) in [4.78, 5) is 8.07. The van der Waals surface area contributed by atoms with Crippen LogP contribution in [0.1, 0.15) is 44.5 Å². The summed E-state index contributed by atoms with van der Waals surface area (Å²) >= 11 is 0. The average molecular weight is 281 g/mol. The van der Waals surface area contributed by atoms with Gasteiger partial charge < -0.3 is 4.74 Å². The van der Waals surface area contributed by atoms with Crippen molar-refractivity contribution in [3.8, 4) is 17.7 Å². The first kappa shape index (κ1) is 15.0. The number of ether oxygens (including phenoxy) is 1. The topological polar surface area (TPSA) is 58.8 Å². The van der Waals surface area contributed by atoms with Crippen LogP contribution in [0, 0.1) is 11.3 Å². The smallest absolute Gasteiger partial charge is 0.256 e. The average Bonchev–Trinajstić information content (AvgIpc) is 2.47. The minimum atomic E-state index is -0.0600. The van der Waals surface area contributed by atoms with Crippen molar-refractivity contribution in [1.29, 1.82) is 5.26 Å². The maximum absolute atomic E-state index is 9.08. The number of benzene rings is 1. The van der Waals surface area contributed by atoms with E-state index in [4.69, 9.17) is 10.00 Å². The molecule has 0 fully saturated rings. The Morgan fingerprint density at radius 3 is 2.52 bits per heavy atom. The quantitative estimate of drug-likeness (QED) is 0.853. The molecule has 0 saturated heterocycles. The summed E-state index contributed by atoms with van der Waals surface area (Å²) in [7, 11) is 0. The van der Waals surface area contributed by atoms with Gasteiger partial charge in [-0.25, -0.2) is 9.97 Å². The van der Waals surface area contributed by atoms with E-state index in [2.05, 4.69) is 43.7 Å². The molecule has 2 aromatic rings. The fraction of sp³-hybridized carbons (Fsp3) is 0.353. The third kappa shape index (κ3) is 3.38. The van der Waals surface area contributed by atoms with Crippen molar-refractivity contribution >= 4 is 0 Å². The van der Waals surface area contributed by atoms with Gasteiger partial charge in [0.15, 0.2) is 0 Å². The Hall–Kier alpha value is -2.41. The lowest BCUT2D eigenvalue weighted by Gasteiger charge is -2.23. The zero-order valence-electron chi connectivity index (χ0n) is 12.8. The van der Waals surface area contributed by atoms with Crippen molar-refractivity contribution in [2.75, 3.05) is 0 Å². The van der Waals surface area contributed by atoms with Crippen molar-refractivity contribution in [1.82, 2.24) is 9.97 Å². The molecule has 0 aliphatic heterocycles. The Morgan fingerprint density at radius 2 is 1.90 bits per heavy atom. The molecule has 1 aromatic heterocycles. The lowest BCUT2D eigenvalue weighted by Crippen LogP contribution is -2.13. The molecule has 1 aromatic carbocycles. The van der Waals surface area contributed by atoms with Gasteiger partial charge in [0.1, 0.15) is 11.8 Å². The third-order valence-corrected chi connectivity index (χ3v) is 3.24. The van der Waals surface area contributed by atoms with Crippen LogP contribution in [0.5, 0.6) is 11.6 Å². The van der Waals surface area contributed by atoms with Crippen molar-refractivity contribution in [3.05, 3.63) is 47.4 Å². The predicted molar refractivity (Wildman–Crippen MR) is 81.3 cm³/mol. The molecule has 0 atom stereocenters. The summed E-state index contributed by atoms with van der Waals surface area (Å²) in [6, 6.07) is 8.12. The number of hydrogen-bond donors (Lipinski definition) is 0. The molecule has 0 amide bonds. The van der Waals surface area contributed by atoms with Crippen LogP contribution in [0.4, 0.5) is 0 Å². The number of nitrogens with zero attached hydrogens (tertiary/aromatic N) is 3. The highest BCUT2D eigenvalue weighted by atomic mass is 16.5. The first-order valence-corrected chi connectivity index (χ1v) is 6.98. The molecule has 0 bridgehead atoms. The highest BCUT2D eigenvalue weighted by molar-refractivity contribution is 5.44. The summed E-state index contributed by atoms with van der Waals surface area (Å²) in [5, 5.41) is 9.08. The van der Waals surface area contributed by atoms with Gasteiger partial charge in [0.25, 0.3) is 5.88 Å². The van der Waals surface area contributed by atoms with Crippen molar-refractivity contribution in [2.24, 2.45) is 0 Å². The van der Waals surface area contributed by atoms with Crippen LogP contribution >= 0.6 is 0 Å². The molecule has 0 saturated carbocycles. The van der Waals surface area contributed by atoms with E-state index in [1.807, 2.05) is 18.2 Å². The fourth-order valence-corrected chi connectivity index (χ4v) is 2.05. The maximum Gasteiger partial charge on any atom is 0.256 e. The number of aromatic nitrogens is 2. The van der Waals surface area contributed by atoms with E-state index in [-0.39, 0.29) is 17.0 Å². The molecule has 4 nitrogen and oxygen atoms in total. The first-order chi connectivity index (χ1) is 9.95. The second-order valence-corrected chi connectivity index (χ2v) is 5.86. The SMILES string of the molecule is CCc1ccc(Oc2nccnc2C#N)c(C(C)(C)C)c1. The van der Waals surface area contributed by atoms with E-state index < -0.39 is 0 Å². The largest absolute Gasteiger partial charge is 0.436 e. The van der Waals surface area contributed by atoms with Gasteiger partial charge in [-0.2, -0.15) is 5.26 Å². The van der Waals surface area contributed by atoms with Gasteiger partial charge in [-0.1, -0.05) is 39.8 Å². The molecule has 4 heteroatoms. The van der Waals surface area contributed by atoms with Gasteiger partial charge in [-0.15, -0.1) is 0 Å². The van der Waals surface area contributed by atoms with E-state index in [1.165, 1.54) is 18.0 Å². The molecule has 0 unspecified atom stereocenters. The maximum atomic E-state index is 9.08. The molecule has 2 rings (SSSR count). The van der Waals surface area contributed by atoms with Crippen LogP contribution in [0.15, 0.2) is 30.6 Å². The molecule has 21 heavy (non-hydrogen) atoms. The normalized spacial score (nSPS) is 11.0.